The smallest absolute Gasteiger partial charge is 0.228 e. The zero-order chi connectivity index (χ0) is 19.6. The summed E-state index contributed by atoms with van der Waals surface area (Å²) in [6.07, 6.45) is 0.252. The highest BCUT2D eigenvalue weighted by Gasteiger charge is 2.37. The first-order valence-electron chi connectivity index (χ1n) is 9.15. The van der Waals surface area contributed by atoms with E-state index in [1.807, 2.05) is 56.3 Å². The Kier molecular flexibility index (Phi) is 5.49. The van der Waals surface area contributed by atoms with Crippen molar-refractivity contribution in [3.8, 4) is 5.75 Å². The zero-order valence-corrected chi connectivity index (χ0v) is 16.4. The highest BCUT2D eigenvalue weighted by atomic mass is 16.5. The van der Waals surface area contributed by atoms with Gasteiger partial charge in [0.15, 0.2) is 0 Å². The Balaban J connectivity index is 1.72. The van der Waals surface area contributed by atoms with Crippen molar-refractivity contribution in [2.24, 2.45) is 5.92 Å². The molecule has 0 aromatic heterocycles. The number of nitrogens with zero attached hydrogens (tertiary/aromatic N) is 2. The summed E-state index contributed by atoms with van der Waals surface area (Å²) in [6.45, 7) is 4.93. The van der Waals surface area contributed by atoms with E-state index in [-0.39, 0.29) is 24.2 Å². The molecule has 0 bridgehead atoms. The standard InChI is InChI=1S/C22H26N2O3/c1-15-8-7-10-19(16(15)2)24-14-18(12-21(24)25)22(26)23(3)13-17-9-5-6-11-20(17)27-4/h5-11,18H,12-14H2,1-4H3. The molecule has 142 valence electrons. The van der Waals surface area contributed by atoms with Gasteiger partial charge in [0.2, 0.25) is 11.8 Å². The predicted molar refractivity (Wildman–Crippen MR) is 106 cm³/mol. The van der Waals surface area contributed by atoms with Gasteiger partial charge in [0.05, 0.1) is 13.0 Å². The molecule has 1 aliphatic rings. The Morgan fingerprint density at radius 2 is 1.93 bits per heavy atom. The summed E-state index contributed by atoms with van der Waals surface area (Å²) in [5.74, 6) is 0.434. The van der Waals surface area contributed by atoms with E-state index in [0.717, 1.165) is 28.1 Å². The lowest BCUT2D eigenvalue weighted by Gasteiger charge is -2.23. The van der Waals surface area contributed by atoms with Crippen molar-refractivity contribution in [3.05, 3.63) is 59.2 Å². The molecule has 0 aliphatic carbocycles. The molecule has 5 nitrogen and oxygen atoms in total. The maximum atomic E-state index is 12.9. The molecule has 0 saturated carbocycles. The summed E-state index contributed by atoms with van der Waals surface area (Å²) in [5, 5.41) is 0. The van der Waals surface area contributed by atoms with Crippen molar-refractivity contribution >= 4 is 17.5 Å². The number of methoxy groups -OCH3 is 1. The lowest BCUT2D eigenvalue weighted by Crippen LogP contribution is -2.34. The van der Waals surface area contributed by atoms with Crippen molar-refractivity contribution in [2.75, 3.05) is 25.6 Å². The van der Waals surface area contributed by atoms with E-state index in [2.05, 4.69) is 0 Å². The molecule has 0 radical (unpaired) electrons. The first-order chi connectivity index (χ1) is 12.9. The molecule has 0 spiro atoms. The predicted octanol–water partition coefficient (Wildman–Crippen LogP) is 3.32. The highest BCUT2D eigenvalue weighted by Crippen LogP contribution is 2.30. The van der Waals surface area contributed by atoms with Gasteiger partial charge in [-0.25, -0.2) is 0 Å². The number of hydrogen-bond acceptors (Lipinski definition) is 3. The van der Waals surface area contributed by atoms with E-state index in [1.54, 1.807) is 24.0 Å². The first-order valence-corrected chi connectivity index (χ1v) is 9.15. The summed E-state index contributed by atoms with van der Waals surface area (Å²) in [7, 11) is 3.40. The molecular formula is C22H26N2O3. The summed E-state index contributed by atoms with van der Waals surface area (Å²) < 4.78 is 5.37. The molecule has 1 unspecified atom stereocenters. The molecule has 5 heteroatoms. The van der Waals surface area contributed by atoms with Crippen LogP contribution in [0.25, 0.3) is 0 Å². The van der Waals surface area contributed by atoms with Gasteiger partial charge < -0.3 is 14.5 Å². The number of carbonyl (C=O) groups excluding carboxylic acids is 2. The number of ether oxygens (including phenoxy) is 1. The second kappa shape index (κ2) is 7.82. The quantitative estimate of drug-likeness (QED) is 0.816. The molecule has 1 atom stereocenters. The summed E-state index contributed by atoms with van der Waals surface area (Å²) in [5.41, 5.74) is 4.08. The molecule has 0 N–H and O–H groups in total. The van der Waals surface area contributed by atoms with Crippen LogP contribution in [0.15, 0.2) is 42.5 Å². The maximum Gasteiger partial charge on any atom is 0.228 e. The van der Waals surface area contributed by atoms with Crippen LogP contribution in [0.3, 0.4) is 0 Å². The molecule has 2 amide bonds. The lowest BCUT2D eigenvalue weighted by atomic mass is 10.1. The van der Waals surface area contributed by atoms with E-state index in [0.29, 0.717) is 13.1 Å². The van der Waals surface area contributed by atoms with Gasteiger partial charge in [0.1, 0.15) is 5.75 Å². The Bertz CT molecular complexity index is 862. The third-order valence-corrected chi connectivity index (χ3v) is 5.32. The minimum Gasteiger partial charge on any atom is -0.496 e. The van der Waals surface area contributed by atoms with Crippen molar-refractivity contribution in [1.29, 1.82) is 0 Å². The second-order valence-corrected chi connectivity index (χ2v) is 7.13. The first kappa shape index (κ1) is 19.0. The van der Waals surface area contributed by atoms with Crippen LogP contribution in [-0.2, 0) is 16.1 Å². The van der Waals surface area contributed by atoms with Crippen molar-refractivity contribution in [3.63, 3.8) is 0 Å². The number of amides is 2. The monoisotopic (exact) mass is 366 g/mol. The van der Waals surface area contributed by atoms with Crippen LogP contribution in [0, 0.1) is 19.8 Å². The molecule has 2 aromatic carbocycles. The molecule has 1 aliphatic heterocycles. The van der Waals surface area contributed by atoms with Gasteiger partial charge in [-0.15, -0.1) is 0 Å². The zero-order valence-electron chi connectivity index (χ0n) is 16.4. The number of aryl methyl sites for hydroxylation is 1. The van der Waals surface area contributed by atoms with E-state index < -0.39 is 0 Å². The van der Waals surface area contributed by atoms with E-state index in [4.69, 9.17) is 4.74 Å². The fourth-order valence-electron chi connectivity index (χ4n) is 3.61. The van der Waals surface area contributed by atoms with Crippen molar-refractivity contribution in [1.82, 2.24) is 4.90 Å². The topological polar surface area (TPSA) is 49.9 Å². The molecule has 2 aromatic rings. The average molecular weight is 366 g/mol. The maximum absolute atomic E-state index is 12.9. The molecular weight excluding hydrogens is 340 g/mol. The largest absolute Gasteiger partial charge is 0.496 e. The van der Waals surface area contributed by atoms with Crippen molar-refractivity contribution in [2.45, 2.75) is 26.8 Å². The third-order valence-electron chi connectivity index (χ3n) is 5.32. The number of para-hydroxylation sites is 1. The normalized spacial score (nSPS) is 16.5. The summed E-state index contributed by atoms with van der Waals surface area (Å²) in [4.78, 5) is 28.9. The van der Waals surface area contributed by atoms with E-state index >= 15 is 0 Å². The summed E-state index contributed by atoms with van der Waals surface area (Å²) in [6, 6.07) is 13.6. The average Bonchev–Trinajstić information content (AvgIpc) is 3.05. The third kappa shape index (κ3) is 3.82. The van der Waals surface area contributed by atoms with Crippen LogP contribution in [0.2, 0.25) is 0 Å². The van der Waals surface area contributed by atoms with Crippen LogP contribution in [0.5, 0.6) is 5.75 Å². The van der Waals surface area contributed by atoms with Gasteiger partial charge in [0, 0.05) is 37.8 Å². The van der Waals surface area contributed by atoms with Crippen LogP contribution in [0.1, 0.15) is 23.1 Å². The Labute approximate surface area is 160 Å². The lowest BCUT2D eigenvalue weighted by molar-refractivity contribution is -0.135. The molecule has 1 heterocycles. The van der Waals surface area contributed by atoms with Crippen LogP contribution < -0.4 is 9.64 Å². The van der Waals surface area contributed by atoms with Gasteiger partial charge >= 0.3 is 0 Å². The van der Waals surface area contributed by atoms with Gasteiger partial charge in [-0.2, -0.15) is 0 Å². The molecule has 1 fully saturated rings. The number of benzene rings is 2. The molecule has 27 heavy (non-hydrogen) atoms. The Morgan fingerprint density at radius 1 is 1.19 bits per heavy atom. The minimum atomic E-state index is -0.322. The SMILES string of the molecule is COc1ccccc1CN(C)C(=O)C1CC(=O)N(c2cccc(C)c2C)C1. The number of rotatable bonds is 5. The van der Waals surface area contributed by atoms with E-state index in [1.165, 1.54) is 0 Å². The fraction of sp³-hybridized carbons (Fsp3) is 0.364. The molecule has 3 rings (SSSR count). The van der Waals surface area contributed by atoms with Crippen LogP contribution in [-0.4, -0.2) is 37.4 Å². The van der Waals surface area contributed by atoms with Gasteiger partial charge in [-0.1, -0.05) is 30.3 Å². The Morgan fingerprint density at radius 3 is 2.67 bits per heavy atom. The Hall–Kier alpha value is -2.82. The highest BCUT2D eigenvalue weighted by molar-refractivity contribution is 6.00. The number of hydrogen-bond donors (Lipinski definition) is 0. The van der Waals surface area contributed by atoms with Crippen molar-refractivity contribution < 1.29 is 14.3 Å². The van der Waals surface area contributed by atoms with Crippen LogP contribution in [0.4, 0.5) is 5.69 Å². The second-order valence-electron chi connectivity index (χ2n) is 7.13. The van der Waals surface area contributed by atoms with Gasteiger partial charge in [0.25, 0.3) is 0 Å². The summed E-state index contributed by atoms with van der Waals surface area (Å²) >= 11 is 0. The number of carbonyl (C=O) groups is 2. The number of anilines is 1. The van der Waals surface area contributed by atoms with Gasteiger partial charge in [-0.05, 0) is 37.1 Å². The minimum absolute atomic E-state index is 0.00717. The van der Waals surface area contributed by atoms with Crippen LogP contribution >= 0.6 is 0 Å². The van der Waals surface area contributed by atoms with Gasteiger partial charge in [-0.3, -0.25) is 9.59 Å². The molecule has 1 saturated heterocycles. The fourth-order valence-corrected chi connectivity index (χ4v) is 3.61. The van der Waals surface area contributed by atoms with E-state index in [9.17, 15) is 9.59 Å².